The lowest BCUT2D eigenvalue weighted by atomic mass is 10.1. The SMILES string of the molecule is CSc1nc2nc(C)c(CC(=O)Nc3ccccc3Oc3ccccc3)c(C)n2n1. The second kappa shape index (κ2) is 8.54. The summed E-state index contributed by atoms with van der Waals surface area (Å²) >= 11 is 1.46. The molecular formula is C22H21N5O2S. The number of carbonyl (C=O) groups is 1. The summed E-state index contributed by atoms with van der Waals surface area (Å²) in [7, 11) is 0. The van der Waals surface area contributed by atoms with Crippen LogP contribution >= 0.6 is 11.8 Å². The van der Waals surface area contributed by atoms with Gasteiger partial charge in [-0.3, -0.25) is 4.79 Å². The highest BCUT2D eigenvalue weighted by molar-refractivity contribution is 7.98. The third-order valence-electron chi connectivity index (χ3n) is 4.68. The number of benzene rings is 2. The molecule has 2 aromatic carbocycles. The van der Waals surface area contributed by atoms with Crippen molar-refractivity contribution in [3.63, 3.8) is 0 Å². The van der Waals surface area contributed by atoms with E-state index in [1.54, 1.807) is 4.52 Å². The lowest BCUT2D eigenvalue weighted by molar-refractivity contribution is -0.115. The number of carbonyl (C=O) groups excluding carboxylic acids is 1. The first-order valence-electron chi connectivity index (χ1n) is 9.44. The van der Waals surface area contributed by atoms with Crippen molar-refractivity contribution in [3.8, 4) is 11.5 Å². The molecule has 2 aromatic heterocycles. The summed E-state index contributed by atoms with van der Waals surface area (Å²) in [4.78, 5) is 21.7. The Kier molecular flexibility index (Phi) is 5.67. The Bertz CT molecular complexity index is 1210. The van der Waals surface area contributed by atoms with Crippen molar-refractivity contribution in [2.75, 3.05) is 11.6 Å². The molecule has 1 N–H and O–H groups in total. The van der Waals surface area contributed by atoms with Gasteiger partial charge in [0.1, 0.15) is 5.75 Å². The molecule has 152 valence electrons. The Labute approximate surface area is 178 Å². The van der Waals surface area contributed by atoms with Crippen molar-refractivity contribution in [3.05, 3.63) is 71.5 Å². The summed E-state index contributed by atoms with van der Waals surface area (Å²) in [6, 6.07) is 16.8. The fourth-order valence-electron chi connectivity index (χ4n) is 3.16. The molecule has 0 saturated carbocycles. The van der Waals surface area contributed by atoms with Gasteiger partial charge in [-0.25, -0.2) is 9.50 Å². The van der Waals surface area contributed by atoms with Crippen LogP contribution in [0.4, 0.5) is 5.69 Å². The number of fused-ring (bicyclic) bond motifs is 1. The summed E-state index contributed by atoms with van der Waals surface area (Å²) in [6.45, 7) is 3.81. The highest BCUT2D eigenvalue weighted by Crippen LogP contribution is 2.29. The Morgan fingerprint density at radius 1 is 1.07 bits per heavy atom. The molecule has 0 bridgehead atoms. The normalized spacial score (nSPS) is 10.9. The number of anilines is 1. The molecule has 8 heteroatoms. The van der Waals surface area contributed by atoms with Crippen LogP contribution in [-0.2, 0) is 11.2 Å². The smallest absolute Gasteiger partial charge is 0.253 e. The van der Waals surface area contributed by atoms with E-state index in [0.717, 1.165) is 17.0 Å². The van der Waals surface area contributed by atoms with Gasteiger partial charge < -0.3 is 10.1 Å². The molecule has 0 unspecified atom stereocenters. The highest BCUT2D eigenvalue weighted by Gasteiger charge is 2.17. The third-order valence-corrected chi connectivity index (χ3v) is 5.22. The Balaban J connectivity index is 1.56. The number of ether oxygens (including phenoxy) is 1. The van der Waals surface area contributed by atoms with Crippen LogP contribution in [0.25, 0.3) is 5.78 Å². The number of aryl methyl sites for hydroxylation is 2. The number of nitrogens with zero attached hydrogens (tertiary/aromatic N) is 4. The molecule has 0 aliphatic rings. The molecule has 0 aliphatic carbocycles. The zero-order valence-electron chi connectivity index (χ0n) is 16.9. The van der Waals surface area contributed by atoms with Gasteiger partial charge in [-0.2, -0.15) is 4.98 Å². The summed E-state index contributed by atoms with van der Waals surface area (Å²) in [5, 5.41) is 8.05. The summed E-state index contributed by atoms with van der Waals surface area (Å²) in [6.07, 6.45) is 2.09. The first kappa shape index (κ1) is 19.9. The van der Waals surface area contributed by atoms with Gasteiger partial charge in [-0.05, 0) is 44.4 Å². The molecule has 0 aliphatic heterocycles. The van der Waals surface area contributed by atoms with Gasteiger partial charge in [0.15, 0.2) is 5.75 Å². The van der Waals surface area contributed by atoms with Crippen molar-refractivity contribution in [1.82, 2.24) is 19.6 Å². The standard InChI is InChI=1S/C22H21N5O2S/c1-14-17(15(2)27-21(23-14)25-22(26-27)30-3)13-20(28)24-18-11-7-8-12-19(18)29-16-9-5-4-6-10-16/h4-12H,13H2,1-3H3,(H,24,28). The predicted octanol–water partition coefficient (Wildman–Crippen LogP) is 4.44. The van der Waals surface area contributed by atoms with E-state index in [1.807, 2.05) is 74.7 Å². The zero-order chi connectivity index (χ0) is 21.1. The maximum atomic E-state index is 12.8. The summed E-state index contributed by atoms with van der Waals surface area (Å²) in [5.41, 5.74) is 3.07. The molecule has 7 nitrogen and oxygen atoms in total. The lowest BCUT2D eigenvalue weighted by Crippen LogP contribution is -2.18. The van der Waals surface area contributed by atoms with Crippen LogP contribution in [0.1, 0.15) is 17.0 Å². The molecule has 2 heterocycles. The van der Waals surface area contributed by atoms with E-state index < -0.39 is 0 Å². The zero-order valence-corrected chi connectivity index (χ0v) is 17.7. The predicted molar refractivity (Wildman–Crippen MR) is 117 cm³/mol. The van der Waals surface area contributed by atoms with E-state index in [9.17, 15) is 4.79 Å². The number of para-hydroxylation sites is 3. The van der Waals surface area contributed by atoms with Gasteiger partial charge in [0.25, 0.3) is 5.78 Å². The average Bonchev–Trinajstić information content (AvgIpc) is 3.16. The van der Waals surface area contributed by atoms with E-state index in [-0.39, 0.29) is 12.3 Å². The fourth-order valence-corrected chi connectivity index (χ4v) is 3.50. The van der Waals surface area contributed by atoms with Gasteiger partial charge in [-0.1, -0.05) is 42.1 Å². The number of aromatic nitrogens is 4. The molecule has 0 atom stereocenters. The lowest BCUT2D eigenvalue weighted by Gasteiger charge is -2.13. The molecule has 4 aromatic rings. The van der Waals surface area contributed by atoms with Crippen LogP contribution in [0.15, 0.2) is 59.8 Å². The largest absolute Gasteiger partial charge is 0.455 e. The highest BCUT2D eigenvalue weighted by atomic mass is 32.2. The van der Waals surface area contributed by atoms with E-state index >= 15 is 0 Å². The minimum atomic E-state index is -0.156. The second-order valence-electron chi connectivity index (χ2n) is 6.71. The maximum Gasteiger partial charge on any atom is 0.253 e. The molecule has 1 amide bonds. The van der Waals surface area contributed by atoms with Gasteiger partial charge in [0.05, 0.1) is 12.1 Å². The minimum absolute atomic E-state index is 0.156. The monoisotopic (exact) mass is 419 g/mol. The van der Waals surface area contributed by atoms with E-state index in [4.69, 9.17) is 4.74 Å². The fraction of sp³-hybridized carbons (Fsp3) is 0.182. The third kappa shape index (κ3) is 4.13. The van der Waals surface area contributed by atoms with Crippen LogP contribution in [0.5, 0.6) is 11.5 Å². The number of rotatable bonds is 6. The van der Waals surface area contributed by atoms with Crippen LogP contribution in [0.2, 0.25) is 0 Å². The number of amides is 1. The van der Waals surface area contributed by atoms with Crippen LogP contribution in [0.3, 0.4) is 0 Å². The first-order chi connectivity index (χ1) is 14.5. The molecule has 0 fully saturated rings. The van der Waals surface area contributed by atoms with Crippen molar-refractivity contribution < 1.29 is 9.53 Å². The van der Waals surface area contributed by atoms with Crippen molar-refractivity contribution in [1.29, 1.82) is 0 Å². The van der Waals surface area contributed by atoms with Crippen molar-refractivity contribution >= 4 is 29.1 Å². The topological polar surface area (TPSA) is 81.4 Å². The van der Waals surface area contributed by atoms with Crippen LogP contribution < -0.4 is 10.1 Å². The van der Waals surface area contributed by atoms with Gasteiger partial charge in [-0.15, -0.1) is 5.10 Å². The number of nitrogens with one attached hydrogen (secondary N) is 1. The Hall–Kier alpha value is -3.39. The quantitative estimate of drug-likeness (QED) is 0.466. The van der Waals surface area contributed by atoms with E-state index in [2.05, 4.69) is 20.4 Å². The Morgan fingerprint density at radius 3 is 2.57 bits per heavy atom. The molecule has 0 radical (unpaired) electrons. The van der Waals surface area contributed by atoms with E-state index in [0.29, 0.717) is 28.1 Å². The maximum absolute atomic E-state index is 12.8. The van der Waals surface area contributed by atoms with E-state index in [1.165, 1.54) is 11.8 Å². The number of thioether (sulfide) groups is 1. The van der Waals surface area contributed by atoms with Gasteiger partial charge in [0.2, 0.25) is 11.1 Å². The van der Waals surface area contributed by atoms with Gasteiger partial charge >= 0.3 is 0 Å². The molecular weight excluding hydrogens is 398 g/mol. The molecule has 30 heavy (non-hydrogen) atoms. The summed E-state index contributed by atoms with van der Waals surface area (Å²) < 4.78 is 7.62. The molecule has 0 spiro atoms. The molecule has 4 rings (SSSR count). The Morgan fingerprint density at radius 2 is 1.80 bits per heavy atom. The molecule has 0 saturated heterocycles. The van der Waals surface area contributed by atoms with Gasteiger partial charge in [0, 0.05) is 17.0 Å². The number of hydrogen-bond donors (Lipinski definition) is 1. The van der Waals surface area contributed by atoms with Crippen LogP contribution in [0, 0.1) is 13.8 Å². The second-order valence-corrected chi connectivity index (χ2v) is 7.48. The average molecular weight is 420 g/mol. The first-order valence-corrected chi connectivity index (χ1v) is 10.7. The summed E-state index contributed by atoms with van der Waals surface area (Å²) in [5.74, 6) is 1.67. The van der Waals surface area contributed by atoms with Crippen molar-refractivity contribution in [2.45, 2.75) is 25.4 Å². The number of hydrogen-bond acceptors (Lipinski definition) is 6. The van der Waals surface area contributed by atoms with Crippen LogP contribution in [-0.4, -0.2) is 31.7 Å². The van der Waals surface area contributed by atoms with Crippen molar-refractivity contribution in [2.24, 2.45) is 0 Å². The minimum Gasteiger partial charge on any atom is -0.455 e.